The predicted molar refractivity (Wildman–Crippen MR) is 79.9 cm³/mol. The van der Waals surface area contributed by atoms with Gasteiger partial charge < -0.3 is 15.5 Å². The summed E-state index contributed by atoms with van der Waals surface area (Å²) in [5.74, 6) is -1.34. The summed E-state index contributed by atoms with van der Waals surface area (Å²) in [7, 11) is 0. The maximum Gasteiger partial charge on any atom is 0.313 e. The van der Waals surface area contributed by atoms with Crippen molar-refractivity contribution in [2.45, 2.75) is 12.8 Å². The summed E-state index contributed by atoms with van der Waals surface area (Å²) in [6.45, 7) is 4.41. The van der Waals surface area contributed by atoms with Crippen LogP contribution in [0.15, 0.2) is 36.9 Å². The number of benzene rings is 1. The number of anilines is 2. The van der Waals surface area contributed by atoms with E-state index in [2.05, 4.69) is 17.2 Å². The van der Waals surface area contributed by atoms with Crippen LogP contribution in [0.2, 0.25) is 0 Å². The molecule has 1 aromatic rings. The van der Waals surface area contributed by atoms with E-state index < -0.39 is 11.8 Å². The van der Waals surface area contributed by atoms with Gasteiger partial charge in [0.25, 0.3) is 0 Å². The van der Waals surface area contributed by atoms with Gasteiger partial charge in [-0.2, -0.15) is 0 Å². The molecule has 0 aromatic heterocycles. The molecule has 6 heteroatoms. The molecular formula is C15H17N3O3. The number of carbonyl (C=O) groups is 3. The molecule has 0 unspecified atom stereocenters. The highest BCUT2D eigenvalue weighted by Crippen LogP contribution is 2.22. The van der Waals surface area contributed by atoms with Gasteiger partial charge in [0, 0.05) is 30.9 Å². The highest BCUT2D eigenvalue weighted by atomic mass is 16.2. The smallest absolute Gasteiger partial charge is 0.313 e. The van der Waals surface area contributed by atoms with Crippen molar-refractivity contribution in [1.82, 2.24) is 5.32 Å². The van der Waals surface area contributed by atoms with Crippen LogP contribution >= 0.6 is 0 Å². The van der Waals surface area contributed by atoms with Crippen LogP contribution in [0.5, 0.6) is 0 Å². The molecule has 0 saturated carbocycles. The van der Waals surface area contributed by atoms with Gasteiger partial charge in [0.2, 0.25) is 5.91 Å². The minimum absolute atomic E-state index is 0.107. The van der Waals surface area contributed by atoms with E-state index in [-0.39, 0.29) is 12.5 Å². The first-order chi connectivity index (χ1) is 10.1. The minimum atomic E-state index is -0.734. The average molecular weight is 287 g/mol. The Morgan fingerprint density at radius 2 is 1.95 bits per heavy atom. The maximum absolute atomic E-state index is 11.6. The van der Waals surface area contributed by atoms with Crippen LogP contribution in [0.25, 0.3) is 0 Å². The normalized spacial score (nSPS) is 13.9. The molecule has 0 aliphatic carbocycles. The van der Waals surface area contributed by atoms with E-state index in [1.54, 1.807) is 29.2 Å². The Balaban J connectivity index is 1.96. The molecule has 1 saturated heterocycles. The summed E-state index contributed by atoms with van der Waals surface area (Å²) in [4.78, 5) is 36.3. The largest absolute Gasteiger partial charge is 0.344 e. The first kappa shape index (κ1) is 14.8. The van der Waals surface area contributed by atoms with Gasteiger partial charge in [0.1, 0.15) is 0 Å². The summed E-state index contributed by atoms with van der Waals surface area (Å²) in [6.07, 6.45) is 2.93. The summed E-state index contributed by atoms with van der Waals surface area (Å²) < 4.78 is 0. The van der Waals surface area contributed by atoms with Crippen molar-refractivity contribution < 1.29 is 14.4 Å². The maximum atomic E-state index is 11.6. The third-order valence-corrected chi connectivity index (χ3v) is 3.12. The molecular weight excluding hydrogens is 270 g/mol. The Bertz CT molecular complexity index is 566. The fraction of sp³-hybridized carbons (Fsp3) is 0.267. The van der Waals surface area contributed by atoms with E-state index >= 15 is 0 Å². The van der Waals surface area contributed by atoms with Crippen LogP contribution < -0.4 is 15.5 Å². The molecule has 1 aliphatic heterocycles. The van der Waals surface area contributed by atoms with E-state index in [1.165, 1.54) is 6.08 Å². The Kier molecular flexibility index (Phi) is 4.71. The molecule has 1 aliphatic rings. The first-order valence-electron chi connectivity index (χ1n) is 6.72. The zero-order valence-corrected chi connectivity index (χ0v) is 11.6. The van der Waals surface area contributed by atoms with Gasteiger partial charge in [-0.15, -0.1) is 6.58 Å². The van der Waals surface area contributed by atoms with Gasteiger partial charge in [0.15, 0.2) is 0 Å². The van der Waals surface area contributed by atoms with Crippen molar-refractivity contribution in [3.8, 4) is 0 Å². The van der Waals surface area contributed by atoms with Crippen LogP contribution in [0, 0.1) is 0 Å². The van der Waals surface area contributed by atoms with Crippen LogP contribution in [-0.4, -0.2) is 30.8 Å². The van der Waals surface area contributed by atoms with E-state index in [0.29, 0.717) is 18.7 Å². The molecule has 1 heterocycles. The number of nitrogens with one attached hydrogen (secondary N) is 2. The molecule has 0 bridgehead atoms. The molecule has 6 nitrogen and oxygen atoms in total. The fourth-order valence-electron chi connectivity index (χ4n) is 2.08. The second kappa shape index (κ2) is 6.69. The van der Waals surface area contributed by atoms with Gasteiger partial charge in [-0.25, -0.2) is 0 Å². The lowest BCUT2D eigenvalue weighted by Crippen LogP contribution is -2.35. The number of carbonyl (C=O) groups excluding carboxylic acids is 3. The van der Waals surface area contributed by atoms with Crippen molar-refractivity contribution in [2.75, 3.05) is 23.3 Å². The molecule has 21 heavy (non-hydrogen) atoms. The molecule has 1 aromatic carbocycles. The lowest BCUT2D eigenvalue weighted by Gasteiger charge is -2.16. The van der Waals surface area contributed by atoms with Crippen molar-refractivity contribution >= 4 is 29.1 Å². The summed E-state index contributed by atoms with van der Waals surface area (Å²) in [5, 5.41) is 4.88. The van der Waals surface area contributed by atoms with Gasteiger partial charge in [-0.05, 0) is 30.7 Å². The van der Waals surface area contributed by atoms with Crippen LogP contribution in [0.1, 0.15) is 12.8 Å². The number of rotatable bonds is 4. The second-order valence-corrected chi connectivity index (χ2v) is 4.65. The number of amides is 3. The van der Waals surface area contributed by atoms with Gasteiger partial charge in [-0.3, -0.25) is 14.4 Å². The predicted octanol–water partition coefficient (Wildman–Crippen LogP) is 1.05. The highest BCUT2D eigenvalue weighted by Gasteiger charge is 2.21. The highest BCUT2D eigenvalue weighted by molar-refractivity contribution is 6.39. The summed E-state index contributed by atoms with van der Waals surface area (Å²) in [5.41, 5.74) is 1.30. The Morgan fingerprint density at radius 3 is 2.52 bits per heavy atom. The van der Waals surface area contributed by atoms with E-state index in [4.69, 9.17) is 0 Å². The lowest BCUT2D eigenvalue weighted by molar-refractivity contribution is -0.136. The van der Waals surface area contributed by atoms with Gasteiger partial charge in [-0.1, -0.05) is 6.08 Å². The van der Waals surface area contributed by atoms with Crippen molar-refractivity contribution in [3.05, 3.63) is 36.9 Å². The molecule has 0 radical (unpaired) electrons. The Hall–Kier alpha value is -2.63. The average Bonchev–Trinajstić information content (AvgIpc) is 2.91. The van der Waals surface area contributed by atoms with Gasteiger partial charge in [0.05, 0.1) is 0 Å². The Labute approximate surface area is 122 Å². The molecule has 0 spiro atoms. The number of hydrogen-bond acceptors (Lipinski definition) is 3. The van der Waals surface area contributed by atoms with Crippen molar-refractivity contribution in [3.63, 3.8) is 0 Å². The number of nitrogens with zero attached hydrogens (tertiary/aromatic N) is 1. The summed E-state index contributed by atoms with van der Waals surface area (Å²) in [6, 6.07) is 6.83. The number of hydrogen-bond donors (Lipinski definition) is 2. The van der Waals surface area contributed by atoms with Gasteiger partial charge >= 0.3 is 11.8 Å². The standard InChI is InChI=1S/C15H17N3O3/c1-2-9-16-14(20)15(21)17-11-5-7-12(8-6-11)18-10-3-4-13(18)19/h2,5-8H,1,3-4,9-10H2,(H,16,20)(H,17,21). The van der Waals surface area contributed by atoms with Crippen LogP contribution in [0.3, 0.4) is 0 Å². The van der Waals surface area contributed by atoms with E-state index in [0.717, 1.165) is 12.1 Å². The molecule has 0 atom stereocenters. The zero-order chi connectivity index (χ0) is 15.2. The van der Waals surface area contributed by atoms with E-state index in [9.17, 15) is 14.4 Å². The Morgan fingerprint density at radius 1 is 1.24 bits per heavy atom. The molecule has 110 valence electrons. The van der Waals surface area contributed by atoms with Crippen LogP contribution in [0.4, 0.5) is 11.4 Å². The first-order valence-corrected chi connectivity index (χ1v) is 6.72. The van der Waals surface area contributed by atoms with E-state index in [1.807, 2.05) is 0 Å². The van der Waals surface area contributed by atoms with Crippen molar-refractivity contribution in [2.24, 2.45) is 0 Å². The molecule has 1 fully saturated rings. The third kappa shape index (κ3) is 3.68. The topological polar surface area (TPSA) is 78.5 Å². The zero-order valence-electron chi connectivity index (χ0n) is 11.6. The summed E-state index contributed by atoms with van der Waals surface area (Å²) >= 11 is 0. The fourth-order valence-corrected chi connectivity index (χ4v) is 2.08. The molecule has 3 amide bonds. The SMILES string of the molecule is C=CCNC(=O)C(=O)Nc1ccc(N2CCCC2=O)cc1. The second-order valence-electron chi connectivity index (χ2n) is 4.65. The lowest BCUT2D eigenvalue weighted by atomic mass is 10.2. The quantitative estimate of drug-likeness (QED) is 0.642. The third-order valence-electron chi connectivity index (χ3n) is 3.12. The van der Waals surface area contributed by atoms with Crippen LogP contribution in [-0.2, 0) is 14.4 Å². The molecule has 2 N–H and O–H groups in total. The minimum Gasteiger partial charge on any atom is -0.344 e. The monoisotopic (exact) mass is 287 g/mol. The molecule has 2 rings (SSSR count). The van der Waals surface area contributed by atoms with Crippen molar-refractivity contribution in [1.29, 1.82) is 0 Å².